The van der Waals surface area contributed by atoms with E-state index in [1.54, 1.807) is 11.1 Å². The van der Waals surface area contributed by atoms with Crippen LogP contribution in [0, 0.1) is 0 Å². The fourth-order valence-electron chi connectivity index (χ4n) is 3.82. The summed E-state index contributed by atoms with van der Waals surface area (Å²) < 4.78 is 0. The second-order valence-electron chi connectivity index (χ2n) is 7.89. The van der Waals surface area contributed by atoms with Crippen LogP contribution in [0.3, 0.4) is 0 Å². The number of carboxylic acids is 1. The Morgan fingerprint density at radius 1 is 0.500 bits per heavy atom. The quantitative estimate of drug-likeness (QED) is 0.184. The maximum atomic E-state index is 10.5. The molecule has 2 nitrogen and oxygen atoms in total. The molecule has 0 atom stereocenters. The fraction of sp³-hybridized carbons (Fsp3) is 0.875. The van der Waals surface area contributed by atoms with Crippen LogP contribution in [0.2, 0.25) is 0 Å². The van der Waals surface area contributed by atoms with Crippen molar-refractivity contribution in [3.05, 3.63) is 11.1 Å². The van der Waals surface area contributed by atoms with Crippen molar-refractivity contribution < 1.29 is 9.90 Å². The van der Waals surface area contributed by atoms with Crippen LogP contribution in [-0.4, -0.2) is 11.1 Å². The van der Waals surface area contributed by atoms with Crippen LogP contribution in [0.25, 0.3) is 0 Å². The zero-order chi connectivity index (χ0) is 19.5. The molecule has 0 aliphatic carbocycles. The lowest BCUT2D eigenvalue weighted by molar-refractivity contribution is -0.137. The average Bonchev–Trinajstić information content (AvgIpc) is 2.61. The summed E-state index contributed by atoms with van der Waals surface area (Å²) in [6, 6.07) is 0. The number of hydrogen-bond acceptors (Lipinski definition) is 1. The van der Waals surface area contributed by atoms with E-state index in [1.165, 1.54) is 96.3 Å². The molecule has 0 aromatic rings. The van der Waals surface area contributed by atoms with Crippen LogP contribution in [-0.2, 0) is 4.79 Å². The van der Waals surface area contributed by atoms with E-state index in [0.717, 1.165) is 12.8 Å². The number of hydrogen-bond donors (Lipinski definition) is 1. The van der Waals surface area contributed by atoms with Gasteiger partial charge >= 0.3 is 5.97 Å². The highest BCUT2D eigenvalue weighted by atomic mass is 16.4. The van der Waals surface area contributed by atoms with Gasteiger partial charge in [-0.1, -0.05) is 96.1 Å². The largest absolute Gasteiger partial charge is 0.481 e. The first-order chi connectivity index (χ1) is 12.7. The van der Waals surface area contributed by atoms with Gasteiger partial charge in [-0.3, -0.25) is 4.79 Å². The molecule has 0 rings (SSSR count). The summed E-state index contributed by atoms with van der Waals surface area (Å²) >= 11 is 0. The molecule has 0 unspecified atom stereocenters. The lowest BCUT2D eigenvalue weighted by Gasteiger charge is -2.15. The van der Waals surface area contributed by atoms with Crippen molar-refractivity contribution in [3.8, 4) is 0 Å². The standard InChI is InChI=1S/C24H46O2/c1-4-7-8-9-11-14-19-22(17-5-2)23(18-6-3)20-15-12-10-13-16-21-24(25)26/h4-21H2,1-3H3,(H,25,26)/b23-22-. The Labute approximate surface area is 163 Å². The Hall–Kier alpha value is -0.790. The van der Waals surface area contributed by atoms with Gasteiger partial charge in [0, 0.05) is 6.42 Å². The first-order valence-corrected chi connectivity index (χ1v) is 11.6. The molecule has 0 radical (unpaired) electrons. The Kier molecular flexibility index (Phi) is 18.4. The van der Waals surface area contributed by atoms with Crippen molar-refractivity contribution in [2.45, 2.75) is 136 Å². The first kappa shape index (κ1) is 25.2. The predicted molar refractivity (Wildman–Crippen MR) is 115 cm³/mol. The van der Waals surface area contributed by atoms with Gasteiger partial charge in [-0.15, -0.1) is 0 Å². The van der Waals surface area contributed by atoms with Crippen LogP contribution in [0.4, 0.5) is 0 Å². The van der Waals surface area contributed by atoms with Gasteiger partial charge in [-0.25, -0.2) is 0 Å². The van der Waals surface area contributed by atoms with Gasteiger partial charge in [0.2, 0.25) is 0 Å². The van der Waals surface area contributed by atoms with E-state index in [-0.39, 0.29) is 0 Å². The van der Waals surface area contributed by atoms with Crippen LogP contribution < -0.4 is 0 Å². The van der Waals surface area contributed by atoms with Crippen molar-refractivity contribution in [2.24, 2.45) is 0 Å². The Bertz CT molecular complexity index is 357. The lowest BCUT2D eigenvalue weighted by atomic mass is 9.91. The van der Waals surface area contributed by atoms with Gasteiger partial charge in [0.15, 0.2) is 0 Å². The van der Waals surface area contributed by atoms with Gasteiger partial charge in [-0.05, 0) is 44.9 Å². The molecule has 0 aromatic heterocycles. The molecule has 0 aliphatic rings. The molecule has 26 heavy (non-hydrogen) atoms. The maximum Gasteiger partial charge on any atom is 0.303 e. The van der Waals surface area contributed by atoms with Crippen LogP contribution in [0.1, 0.15) is 136 Å². The van der Waals surface area contributed by atoms with E-state index in [4.69, 9.17) is 5.11 Å². The Morgan fingerprint density at radius 2 is 0.885 bits per heavy atom. The van der Waals surface area contributed by atoms with Crippen molar-refractivity contribution in [1.82, 2.24) is 0 Å². The molecule has 0 aromatic carbocycles. The molecule has 0 aliphatic heterocycles. The SMILES string of the molecule is CCCCCCCC/C(CCC)=C(/CCC)CCCCCCCC(=O)O. The minimum Gasteiger partial charge on any atom is -0.481 e. The molecule has 0 fully saturated rings. The summed E-state index contributed by atoms with van der Waals surface area (Å²) in [4.78, 5) is 10.5. The maximum absolute atomic E-state index is 10.5. The molecule has 0 saturated carbocycles. The van der Waals surface area contributed by atoms with Crippen molar-refractivity contribution in [3.63, 3.8) is 0 Å². The summed E-state index contributed by atoms with van der Waals surface area (Å²) in [5.74, 6) is -0.655. The second-order valence-corrected chi connectivity index (χ2v) is 7.89. The molecule has 0 saturated heterocycles. The highest BCUT2D eigenvalue weighted by molar-refractivity contribution is 5.66. The lowest BCUT2D eigenvalue weighted by Crippen LogP contribution is -1.96. The molecule has 154 valence electrons. The number of unbranched alkanes of at least 4 members (excludes halogenated alkanes) is 9. The summed E-state index contributed by atoms with van der Waals surface area (Å²) in [5, 5.41) is 8.68. The van der Waals surface area contributed by atoms with Crippen molar-refractivity contribution in [2.75, 3.05) is 0 Å². The molecular formula is C24H46O2. The average molecular weight is 367 g/mol. The fourth-order valence-corrected chi connectivity index (χ4v) is 3.82. The number of aliphatic carboxylic acids is 1. The molecule has 0 amide bonds. The molecule has 2 heteroatoms. The smallest absolute Gasteiger partial charge is 0.303 e. The van der Waals surface area contributed by atoms with E-state index < -0.39 is 5.97 Å². The van der Waals surface area contributed by atoms with E-state index >= 15 is 0 Å². The first-order valence-electron chi connectivity index (χ1n) is 11.6. The number of allylic oxidation sites excluding steroid dienone is 2. The minimum absolute atomic E-state index is 0.333. The predicted octanol–water partition coefficient (Wildman–Crippen LogP) is 8.45. The third-order valence-corrected chi connectivity index (χ3v) is 5.30. The molecule has 0 spiro atoms. The highest BCUT2D eigenvalue weighted by Gasteiger charge is 2.07. The number of carboxylic acid groups (broad SMARTS) is 1. The highest BCUT2D eigenvalue weighted by Crippen LogP contribution is 2.26. The van der Waals surface area contributed by atoms with Crippen LogP contribution in [0.15, 0.2) is 11.1 Å². The second kappa shape index (κ2) is 19.0. The zero-order valence-electron chi connectivity index (χ0n) is 18.1. The number of carbonyl (C=O) groups is 1. The van der Waals surface area contributed by atoms with Crippen LogP contribution >= 0.6 is 0 Å². The van der Waals surface area contributed by atoms with Gasteiger partial charge in [0.25, 0.3) is 0 Å². The molecule has 0 heterocycles. The third-order valence-electron chi connectivity index (χ3n) is 5.30. The molecule has 0 bridgehead atoms. The normalized spacial score (nSPS) is 12.3. The van der Waals surface area contributed by atoms with Gasteiger partial charge in [-0.2, -0.15) is 0 Å². The summed E-state index contributed by atoms with van der Waals surface area (Å²) in [7, 11) is 0. The van der Waals surface area contributed by atoms with E-state index in [2.05, 4.69) is 20.8 Å². The van der Waals surface area contributed by atoms with Gasteiger partial charge in [0.05, 0.1) is 0 Å². The molecular weight excluding hydrogens is 320 g/mol. The zero-order valence-corrected chi connectivity index (χ0v) is 18.1. The van der Waals surface area contributed by atoms with Gasteiger partial charge in [0.1, 0.15) is 0 Å². The van der Waals surface area contributed by atoms with Crippen molar-refractivity contribution in [1.29, 1.82) is 0 Å². The monoisotopic (exact) mass is 366 g/mol. The van der Waals surface area contributed by atoms with Crippen LogP contribution in [0.5, 0.6) is 0 Å². The van der Waals surface area contributed by atoms with Gasteiger partial charge < -0.3 is 5.11 Å². The summed E-state index contributed by atoms with van der Waals surface area (Å²) in [6.45, 7) is 6.90. The summed E-state index contributed by atoms with van der Waals surface area (Å²) in [5.41, 5.74) is 3.53. The topological polar surface area (TPSA) is 37.3 Å². The Morgan fingerprint density at radius 3 is 1.27 bits per heavy atom. The molecule has 1 N–H and O–H groups in total. The van der Waals surface area contributed by atoms with E-state index in [0.29, 0.717) is 6.42 Å². The summed E-state index contributed by atoms with van der Waals surface area (Å²) in [6.07, 6.45) is 22.0. The third kappa shape index (κ3) is 15.5. The van der Waals surface area contributed by atoms with E-state index in [1.807, 2.05) is 0 Å². The van der Waals surface area contributed by atoms with Crippen molar-refractivity contribution >= 4 is 5.97 Å². The minimum atomic E-state index is -0.655. The Balaban J connectivity index is 4.23. The number of rotatable bonds is 19. The van der Waals surface area contributed by atoms with E-state index in [9.17, 15) is 4.79 Å².